The highest BCUT2D eigenvalue weighted by atomic mass is 79.9. The van der Waals surface area contributed by atoms with E-state index >= 15 is 0 Å². The van der Waals surface area contributed by atoms with Crippen molar-refractivity contribution in [3.05, 3.63) is 10.0 Å². The van der Waals surface area contributed by atoms with Crippen LogP contribution in [0.4, 0.5) is 0 Å². The Morgan fingerprint density at radius 3 is 2.73 bits per heavy atom. The molecule has 0 unspecified atom stereocenters. The summed E-state index contributed by atoms with van der Waals surface area (Å²) in [5.41, 5.74) is 0. The van der Waals surface area contributed by atoms with E-state index < -0.39 is 9.84 Å². The van der Waals surface area contributed by atoms with Crippen LogP contribution in [0.3, 0.4) is 0 Å². The maximum absolute atomic E-state index is 11.2. The van der Waals surface area contributed by atoms with Crippen LogP contribution in [0, 0.1) is 0 Å². The molecule has 0 fully saturated rings. The van der Waals surface area contributed by atoms with Crippen LogP contribution >= 0.6 is 27.7 Å². The fourth-order valence-electron chi connectivity index (χ4n) is 0.612. The van der Waals surface area contributed by atoms with Gasteiger partial charge in [-0.3, -0.25) is 0 Å². The van der Waals surface area contributed by atoms with Crippen molar-refractivity contribution in [1.82, 2.24) is 0 Å². The van der Waals surface area contributed by atoms with E-state index in [1.54, 1.807) is 0 Å². The van der Waals surface area contributed by atoms with Crippen molar-refractivity contribution < 1.29 is 8.42 Å². The first-order valence-corrected chi connectivity index (χ1v) is 6.42. The van der Waals surface area contributed by atoms with Gasteiger partial charge in [-0.25, -0.2) is 13.4 Å². The SMILES string of the molecule is CSCC1=NC=C(Br)S1(=O)=O. The number of aliphatic imine (C=N–C) groups is 1. The molecule has 0 spiro atoms. The molecule has 0 saturated heterocycles. The molecular weight excluding hydrogens is 250 g/mol. The molecule has 0 N–H and O–H groups in total. The number of rotatable bonds is 2. The Labute approximate surface area is 78.0 Å². The van der Waals surface area contributed by atoms with Crippen molar-refractivity contribution in [2.75, 3.05) is 12.0 Å². The predicted molar refractivity (Wildman–Crippen MR) is 51.7 cm³/mol. The molecular formula is C5H6BrNO2S2. The minimum Gasteiger partial charge on any atom is -0.246 e. The second kappa shape index (κ2) is 3.28. The fourth-order valence-corrected chi connectivity index (χ4v) is 3.18. The van der Waals surface area contributed by atoms with Crippen molar-refractivity contribution in [3.63, 3.8) is 0 Å². The van der Waals surface area contributed by atoms with Crippen LogP contribution in [0.25, 0.3) is 0 Å². The summed E-state index contributed by atoms with van der Waals surface area (Å²) in [4.78, 5) is 3.76. The third kappa shape index (κ3) is 1.68. The summed E-state index contributed by atoms with van der Waals surface area (Å²) in [6.45, 7) is 0. The van der Waals surface area contributed by atoms with Gasteiger partial charge in [-0.05, 0) is 22.2 Å². The van der Waals surface area contributed by atoms with E-state index in [9.17, 15) is 8.42 Å². The molecule has 0 aliphatic carbocycles. The smallest absolute Gasteiger partial charge is 0.228 e. The van der Waals surface area contributed by atoms with Crippen LogP contribution in [0.5, 0.6) is 0 Å². The minimum atomic E-state index is -3.22. The molecule has 11 heavy (non-hydrogen) atoms. The summed E-state index contributed by atoms with van der Waals surface area (Å²) < 4.78 is 22.6. The van der Waals surface area contributed by atoms with Crippen LogP contribution in [0.15, 0.2) is 15.0 Å². The summed E-state index contributed by atoms with van der Waals surface area (Å²) in [6, 6.07) is 0. The normalized spacial score (nSPS) is 21.3. The standard InChI is InChI=1S/C5H6BrNO2S2/c1-10-3-5-7-2-4(6)11(5,8)9/h2H,3H2,1H3. The van der Waals surface area contributed by atoms with Crippen molar-refractivity contribution >= 4 is 42.6 Å². The molecule has 0 bridgehead atoms. The number of nitrogens with zero attached hydrogens (tertiary/aromatic N) is 1. The van der Waals surface area contributed by atoms with Crippen molar-refractivity contribution in [1.29, 1.82) is 0 Å². The molecule has 0 amide bonds. The van der Waals surface area contributed by atoms with Crippen LogP contribution in [0.2, 0.25) is 0 Å². The molecule has 1 aliphatic heterocycles. The number of hydrogen-bond donors (Lipinski definition) is 0. The minimum absolute atomic E-state index is 0.161. The molecule has 1 rings (SSSR count). The second-order valence-electron chi connectivity index (χ2n) is 1.89. The van der Waals surface area contributed by atoms with Gasteiger partial charge < -0.3 is 0 Å². The first kappa shape index (κ1) is 9.28. The van der Waals surface area contributed by atoms with Gasteiger partial charge in [0.25, 0.3) is 0 Å². The van der Waals surface area contributed by atoms with Gasteiger partial charge in [0.2, 0.25) is 9.84 Å². The highest BCUT2D eigenvalue weighted by molar-refractivity contribution is 9.14. The molecule has 0 radical (unpaired) electrons. The average Bonchev–Trinajstić information content (AvgIpc) is 2.16. The summed E-state index contributed by atoms with van der Waals surface area (Å²) >= 11 is 4.36. The maximum Gasteiger partial charge on any atom is 0.228 e. The van der Waals surface area contributed by atoms with Gasteiger partial charge in [-0.1, -0.05) is 0 Å². The molecule has 0 atom stereocenters. The van der Waals surface area contributed by atoms with Gasteiger partial charge in [-0.2, -0.15) is 11.8 Å². The van der Waals surface area contributed by atoms with Crippen LogP contribution in [-0.4, -0.2) is 25.5 Å². The van der Waals surface area contributed by atoms with E-state index in [1.807, 2.05) is 6.26 Å². The van der Waals surface area contributed by atoms with Gasteiger partial charge >= 0.3 is 0 Å². The molecule has 0 saturated carbocycles. The lowest BCUT2D eigenvalue weighted by molar-refractivity contribution is 0.615. The number of hydrogen-bond acceptors (Lipinski definition) is 4. The van der Waals surface area contributed by atoms with Crippen LogP contribution < -0.4 is 0 Å². The van der Waals surface area contributed by atoms with E-state index in [0.717, 1.165) is 0 Å². The fraction of sp³-hybridized carbons (Fsp3) is 0.400. The van der Waals surface area contributed by atoms with Gasteiger partial charge in [-0.15, -0.1) is 0 Å². The van der Waals surface area contributed by atoms with E-state index in [0.29, 0.717) is 5.75 Å². The highest BCUT2D eigenvalue weighted by Gasteiger charge is 2.26. The second-order valence-corrected chi connectivity index (χ2v) is 6.06. The molecule has 0 aromatic rings. The van der Waals surface area contributed by atoms with Gasteiger partial charge in [0.15, 0.2) is 0 Å². The maximum atomic E-state index is 11.2. The third-order valence-electron chi connectivity index (χ3n) is 1.14. The Kier molecular flexibility index (Phi) is 2.77. The van der Waals surface area contributed by atoms with E-state index in [1.165, 1.54) is 18.0 Å². The molecule has 1 aliphatic rings. The Morgan fingerprint density at radius 2 is 2.36 bits per heavy atom. The molecule has 62 valence electrons. The van der Waals surface area contributed by atoms with E-state index in [2.05, 4.69) is 20.9 Å². The van der Waals surface area contributed by atoms with Crippen molar-refractivity contribution in [2.45, 2.75) is 0 Å². The summed E-state index contributed by atoms with van der Waals surface area (Å²) in [6.07, 6.45) is 3.16. The lowest BCUT2D eigenvalue weighted by atomic mass is 10.8. The molecule has 1 heterocycles. The van der Waals surface area contributed by atoms with E-state index in [-0.39, 0.29) is 8.86 Å². The van der Waals surface area contributed by atoms with Crippen molar-refractivity contribution in [3.8, 4) is 0 Å². The van der Waals surface area contributed by atoms with Crippen LogP contribution in [-0.2, 0) is 9.84 Å². The predicted octanol–water partition coefficient (Wildman–Crippen LogP) is 1.37. The zero-order chi connectivity index (χ0) is 8.48. The zero-order valence-corrected chi connectivity index (χ0v) is 8.96. The van der Waals surface area contributed by atoms with Gasteiger partial charge in [0.05, 0.1) is 6.20 Å². The third-order valence-corrected chi connectivity index (χ3v) is 4.86. The molecule has 0 aromatic carbocycles. The lowest BCUT2D eigenvalue weighted by Crippen LogP contribution is -2.12. The van der Waals surface area contributed by atoms with Gasteiger partial charge in [0.1, 0.15) is 8.86 Å². The monoisotopic (exact) mass is 255 g/mol. The molecule has 6 heteroatoms. The number of sulfone groups is 1. The topological polar surface area (TPSA) is 46.5 Å². The summed E-state index contributed by atoms with van der Waals surface area (Å²) in [5.74, 6) is 0.438. The first-order valence-electron chi connectivity index (χ1n) is 2.75. The number of halogens is 1. The Bertz CT molecular complexity index is 317. The largest absolute Gasteiger partial charge is 0.246 e. The van der Waals surface area contributed by atoms with Gasteiger partial charge in [0, 0.05) is 5.75 Å². The Morgan fingerprint density at radius 1 is 1.73 bits per heavy atom. The Hall–Kier alpha value is 0.190. The Balaban J connectivity index is 2.93. The first-order chi connectivity index (χ1) is 5.09. The lowest BCUT2D eigenvalue weighted by Gasteiger charge is -1.96. The highest BCUT2D eigenvalue weighted by Crippen LogP contribution is 2.23. The average molecular weight is 256 g/mol. The summed E-state index contributed by atoms with van der Waals surface area (Å²) in [5, 5.41) is 0.233. The quantitative estimate of drug-likeness (QED) is 0.749. The summed E-state index contributed by atoms with van der Waals surface area (Å²) in [7, 11) is -3.22. The molecule has 3 nitrogen and oxygen atoms in total. The molecule has 0 aromatic heterocycles. The number of thioether (sulfide) groups is 1. The van der Waals surface area contributed by atoms with Crippen molar-refractivity contribution in [2.24, 2.45) is 4.99 Å². The van der Waals surface area contributed by atoms with E-state index in [4.69, 9.17) is 0 Å². The van der Waals surface area contributed by atoms with Crippen LogP contribution in [0.1, 0.15) is 0 Å². The zero-order valence-electron chi connectivity index (χ0n) is 5.74.